The van der Waals surface area contributed by atoms with Gasteiger partial charge in [0.25, 0.3) is 0 Å². The van der Waals surface area contributed by atoms with Crippen molar-refractivity contribution in [2.75, 3.05) is 19.8 Å². The van der Waals surface area contributed by atoms with Gasteiger partial charge in [-0.05, 0) is 19.3 Å². The van der Waals surface area contributed by atoms with Gasteiger partial charge < -0.3 is 24.8 Å². The average Bonchev–Trinajstić information content (AvgIpc) is 2.72. The molecular formula is C24H46O5. The molecule has 29 heavy (non-hydrogen) atoms. The summed E-state index contributed by atoms with van der Waals surface area (Å²) in [5.74, 6) is 0. The quantitative estimate of drug-likeness (QED) is 0.214. The van der Waals surface area contributed by atoms with Gasteiger partial charge in [0.15, 0.2) is 0 Å². The molecule has 0 spiro atoms. The molecule has 1 heterocycles. The molecule has 0 bridgehead atoms. The Balaban J connectivity index is 1.76. The Morgan fingerprint density at radius 3 is 1.72 bits per heavy atom. The predicted octanol–water partition coefficient (Wildman–Crippen LogP) is 4.52. The maximum atomic E-state index is 9.83. The lowest BCUT2D eigenvalue weighted by molar-refractivity contribution is -0.199. The molecule has 5 nitrogen and oxygen atoms in total. The van der Waals surface area contributed by atoms with Crippen LogP contribution in [0.25, 0.3) is 0 Å². The average molecular weight is 415 g/mol. The van der Waals surface area contributed by atoms with E-state index in [-0.39, 0.29) is 13.2 Å². The summed E-state index contributed by atoms with van der Waals surface area (Å²) in [5, 5.41) is 28.9. The highest BCUT2D eigenvalue weighted by Gasteiger charge is 2.37. The van der Waals surface area contributed by atoms with Gasteiger partial charge in [0.05, 0.1) is 13.2 Å². The van der Waals surface area contributed by atoms with Crippen molar-refractivity contribution in [2.24, 2.45) is 0 Å². The maximum absolute atomic E-state index is 9.83. The Morgan fingerprint density at radius 2 is 1.21 bits per heavy atom. The lowest BCUT2D eigenvalue weighted by Crippen LogP contribution is -2.54. The molecule has 0 aromatic heterocycles. The first-order chi connectivity index (χ1) is 14.2. The van der Waals surface area contributed by atoms with E-state index in [9.17, 15) is 15.3 Å². The molecule has 0 amide bonds. The summed E-state index contributed by atoms with van der Waals surface area (Å²) in [6.45, 7) is 4.72. The van der Waals surface area contributed by atoms with E-state index < -0.39 is 24.4 Å². The molecule has 0 aromatic rings. The van der Waals surface area contributed by atoms with E-state index in [2.05, 4.69) is 6.58 Å². The lowest BCUT2D eigenvalue weighted by atomic mass is 10.0. The topological polar surface area (TPSA) is 79.2 Å². The number of allylic oxidation sites excluding steroid dienone is 1. The van der Waals surface area contributed by atoms with Crippen LogP contribution in [0.3, 0.4) is 0 Å². The monoisotopic (exact) mass is 414 g/mol. The van der Waals surface area contributed by atoms with Crippen LogP contribution in [0.15, 0.2) is 12.7 Å². The molecule has 1 aliphatic heterocycles. The molecule has 4 atom stereocenters. The number of unbranched alkanes of at least 4 members (excludes halogenated alkanes) is 14. The summed E-state index contributed by atoms with van der Waals surface area (Å²) < 4.78 is 10.9. The smallest absolute Gasteiger partial charge is 0.111 e. The number of rotatable bonds is 19. The van der Waals surface area contributed by atoms with Crippen molar-refractivity contribution in [3.8, 4) is 0 Å². The van der Waals surface area contributed by atoms with Crippen LogP contribution in [0.1, 0.15) is 96.3 Å². The van der Waals surface area contributed by atoms with Crippen molar-refractivity contribution in [2.45, 2.75) is 121 Å². The fraction of sp³-hybridized carbons (Fsp3) is 0.917. The van der Waals surface area contributed by atoms with Gasteiger partial charge in [-0.3, -0.25) is 0 Å². The fourth-order valence-electron chi connectivity index (χ4n) is 3.83. The molecule has 0 unspecified atom stereocenters. The molecule has 1 aliphatic rings. The number of hydrogen-bond donors (Lipinski definition) is 3. The standard InChI is InChI=1S/C24H46O5/c1-2-3-4-5-6-7-8-9-10-11-12-13-14-15-16-17-18-28-20-22-24(27)23(26)21(25)19-29-22/h2,21-27H,1,3-20H2/t21-,22+,23+,24+/m0/s1. The van der Waals surface area contributed by atoms with Crippen LogP contribution in [0, 0.1) is 0 Å². The fourth-order valence-corrected chi connectivity index (χ4v) is 3.83. The largest absolute Gasteiger partial charge is 0.388 e. The zero-order chi connectivity index (χ0) is 21.2. The molecule has 1 fully saturated rings. The Hall–Kier alpha value is -0.460. The van der Waals surface area contributed by atoms with E-state index in [1.54, 1.807) is 0 Å². The second kappa shape index (κ2) is 18.3. The number of aliphatic hydroxyl groups is 3. The van der Waals surface area contributed by atoms with Crippen LogP contribution in [0.2, 0.25) is 0 Å². The summed E-state index contributed by atoms with van der Waals surface area (Å²) in [6.07, 6.45) is 17.9. The van der Waals surface area contributed by atoms with Crippen LogP contribution in [0.4, 0.5) is 0 Å². The SMILES string of the molecule is C=CCCCCCCCCCCCCCCCCOC[C@H]1OC[C@H](O)[C@@H](O)[C@@H]1O. The van der Waals surface area contributed by atoms with Crippen LogP contribution >= 0.6 is 0 Å². The molecular weight excluding hydrogens is 368 g/mol. The molecule has 0 aliphatic carbocycles. The van der Waals surface area contributed by atoms with Crippen molar-refractivity contribution in [3.63, 3.8) is 0 Å². The van der Waals surface area contributed by atoms with E-state index >= 15 is 0 Å². The molecule has 0 aromatic carbocycles. The Labute approximate surface area is 178 Å². The summed E-state index contributed by atoms with van der Waals surface area (Å²) in [4.78, 5) is 0. The van der Waals surface area contributed by atoms with E-state index in [0.29, 0.717) is 6.61 Å². The van der Waals surface area contributed by atoms with Crippen LogP contribution in [-0.2, 0) is 9.47 Å². The van der Waals surface area contributed by atoms with Crippen molar-refractivity contribution >= 4 is 0 Å². The zero-order valence-corrected chi connectivity index (χ0v) is 18.5. The van der Waals surface area contributed by atoms with Crippen molar-refractivity contribution in [1.82, 2.24) is 0 Å². The normalized spacial score (nSPS) is 24.7. The van der Waals surface area contributed by atoms with Gasteiger partial charge >= 0.3 is 0 Å². The number of hydrogen-bond acceptors (Lipinski definition) is 5. The summed E-state index contributed by atoms with van der Waals surface area (Å²) in [5.41, 5.74) is 0. The van der Waals surface area contributed by atoms with Gasteiger partial charge in [-0.2, -0.15) is 0 Å². The number of ether oxygens (including phenoxy) is 2. The van der Waals surface area contributed by atoms with Crippen molar-refractivity contribution < 1.29 is 24.8 Å². The van der Waals surface area contributed by atoms with Gasteiger partial charge in [-0.15, -0.1) is 6.58 Å². The first-order valence-electron chi connectivity index (χ1n) is 12.0. The van der Waals surface area contributed by atoms with E-state index in [1.807, 2.05) is 6.08 Å². The molecule has 1 rings (SSSR count). The predicted molar refractivity (Wildman–Crippen MR) is 118 cm³/mol. The minimum absolute atomic E-state index is 0.0440. The van der Waals surface area contributed by atoms with Gasteiger partial charge in [0.1, 0.15) is 24.4 Å². The highest BCUT2D eigenvalue weighted by Crippen LogP contribution is 2.16. The highest BCUT2D eigenvalue weighted by atomic mass is 16.6. The van der Waals surface area contributed by atoms with Crippen LogP contribution < -0.4 is 0 Å². The Morgan fingerprint density at radius 1 is 0.724 bits per heavy atom. The highest BCUT2D eigenvalue weighted by molar-refractivity contribution is 4.86. The summed E-state index contributed by atoms with van der Waals surface area (Å²) in [7, 11) is 0. The molecule has 5 heteroatoms. The van der Waals surface area contributed by atoms with Gasteiger partial charge in [-0.1, -0.05) is 83.1 Å². The first-order valence-corrected chi connectivity index (χ1v) is 12.0. The maximum Gasteiger partial charge on any atom is 0.111 e. The van der Waals surface area contributed by atoms with Gasteiger partial charge in [0.2, 0.25) is 0 Å². The minimum Gasteiger partial charge on any atom is -0.388 e. The van der Waals surface area contributed by atoms with Gasteiger partial charge in [0, 0.05) is 6.61 Å². The van der Waals surface area contributed by atoms with Crippen LogP contribution in [0.5, 0.6) is 0 Å². The van der Waals surface area contributed by atoms with E-state index in [1.165, 1.54) is 89.9 Å². The first kappa shape index (κ1) is 26.6. The molecule has 172 valence electrons. The summed E-state index contributed by atoms with van der Waals surface area (Å²) in [6, 6.07) is 0. The zero-order valence-electron chi connectivity index (χ0n) is 18.5. The Bertz CT molecular complexity index is 376. The minimum atomic E-state index is -1.15. The number of aliphatic hydroxyl groups excluding tert-OH is 3. The second-order valence-corrected chi connectivity index (χ2v) is 8.52. The van der Waals surface area contributed by atoms with E-state index in [4.69, 9.17) is 9.47 Å². The van der Waals surface area contributed by atoms with Crippen LogP contribution in [-0.4, -0.2) is 59.6 Å². The third-order valence-electron chi connectivity index (χ3n) is 5.84. The molecule has 3 N–H and O–H groups in total. The van der Waals surface area contributed by atoms with Crippen molar-refractivity contribution in [1.29, 1.82) is 0 Å². The van der Waals surface area contributed by atoms with Crippen molar-refractivity contribution in [3.05, 3.63) is 12.7 Å². The lowest BCUT2D eigenvalue weighted by Gasteiger charge is -2.35. The Kier molecular flexibility index (Phi) is 16.8. The molecule has 0 saturated carbocycles. The third-order valence-corrected chi connectivity index (χ3v) is 5.84. The second-order valence-electron chi connectivity index (χ2n) is 8.52. The molecule has 0 radical (unpaired) electrons. The molecule has 1 saturated heterocycles. The van der Waals surface area contributed by atoms with E-state index in [0.717, 1.165) is 6.42 Å². The third kappa shape index (κ3) is 13.5. The van der Waals surface area contributed by atoms with Gasteiger partial charge in [-0.25, -0.2) is 0 Å². The summed E-state index contributed by atoms with van der Waals surface area (Å²) >= 11 is 0.